The highest BCUT2D eigenvalue weighted by Crippen LogP contribution is 2.20. The lowest BCUT2D eigenvalue weighted by Gasteiger charge is -2.17. The molecule has 3 nitrogen and oxygen atoms in total. The van der Waals surface area contributed by atoms with Crippen molar-refractivity contribution >= 4 is 22.9 Å². The molecule has 0 radical (unpaired) electrons. The Kier molecular flexibility index (Phi) is 5.19. The molecule has 0 bridgehead atoms. The van der Waals surface area contributed by atoms with Crippen molar-refractivity contribution in [2.75, 3.05) is 14.2 Å². The minimum atomic E-state index is 0.479. The number of aromatic nitrogens is 1. The molecule has 0 unspecified atom stereocenters. The normalized spacial score (nSPS) is 10.9. The molecule has 1 heterocycles. The van der Waals surface area contributed by atoms with Crippen molar-refractivity contribution in [3.05, 3.63) is 45.9 Å². The summed E-state index contributed by atoms with van der Waals surface area (Å²) in [6.07, 6.45) is 0. The number of alkyl halides is 1. The highest BCUT2D eigenvalue weighted by atomic mass is 35.5. The van der Waals surface area contributed by atoms with Gasteiger partial charge in [0.05, 0.1) is 25.2 Å². The van der Waals surface area contributed by atoms with Crippen molar-refractivity contribution in [3.63, 3.8) is 0 Å². The molecule has 2 aromatic rings. The van der Waals surface area contributed by atoms with Crippen LogP contribution in [0.5, 0.6) is 5.75 Å². The van der Waals surface area contributed by atoms with Crippen molar-refractivity contribution in [2.24, 2.45) is 0 Å². The fraction of sp³-hybridized carbons (Fsp3) is 0.357. The first kappa shape index (κ1) is 14.3. The van der Waals surface area contributed by atoms with Crippen LogP contribution in [0, 0.1) is 0 Å². The lowest BCUT2D eigenvalue weighted by atomic mass is 10.2. The van der Waals surface area contributed by atoms with Gasteiger partial charge in [-0.3, -0.25) is 4.90 Å². The molecule has 19 heavy (non-hydrogen) atoms. The second-order valence-electron chi connectivity index (χ2n) is 4.35. The lowest BCUT2D eigenvalue weighted by Crippen LogP contribution is -2.17. The van der Waals surface area contributed by atoms with Gasteiger partial charge in [-0.1, -0.05) is 18.2 Å². The van der Waals surface area contributed by atoms with Gasteiger partial charge in [-0.15, -0.1) is 22.9 Å². The number of benzene rings is 1. The molecule has 0 aliphatic rings. The maximum absolute atomic E-state index is 5.76. The molecule has 0 aliphatic carbocycles. The number of rotatable bonds is 6. The molecule has 0 atom stereocenters. The molecule has 0 saturated heterocycles. The second-order valence-corrected chi connectivity index (χ2v) is 5.56. The second kappa shape index (κ2) is 6.89. The van der Waals surface area contributed by atoms with E-state index in [0.29, 0.717) is 5.88 Å². The number of halogens is 1. The summed E-state index contributed by atoms with van der Waals surface area (Å²) in [5.74, 6) is 1.40. The van der Waals surface area contributed by atoms with E-state index < -0.39 is 0 Å². The molecule has 0 fully saturated rings. The van der Waals surface area contributed by atoms with Gasteiger partial charge in [0.1, 0.15) is 10.8 Å². The van der Waals surface area contributed by atoms with Gasteiger partial charge in [0.25, 0.3) is 0 Å². The number of para-hydroxylation sites is 1. The van der Waals surface area contributed by atoms with Crippen molar-refractivity contribution in [1.82, 2.24) is 9.88 Å². The average Bonchev–Trinajstić information content (AvgIpc) is 2.87. The van der Waals surface area contributed by atoms with E-state index in [1.54, 1.807) is 18.4 Å². The van der Waals surface area contributed by atoms with Gasteiger partial charge in [0.2, 0.25) is 0 Å². The lowest BCUT2D eigenvalue weighted by molar-refractivity contribution is 0.309. The van der Waals surface area contributed by atoms with Crippen molar-refractivity contribution in [3.8, 4) is 5.75 Å². The molecule has 0 N–H and O–H groups in total. The number of hydrogen-bond acceptors (Lipinski definition) is 4. The topological polar surface area (TPSA) is 25.4 Å². The van der Waals surface area contributed by atoms with Crippen LogP contribution in [0.3, 0.4) is 0 Å². The molecular formula is C14H17ClN2OS. The standard InChI is InChI=1S/C14H17ClN2OS/c1-17(9-14-16-12(7-15)10-19-14)8-11-5-3-4-6-13(11)18-2/h3-6,10H,7-9H2,1-2H3. The SMILES string of the molecule is COc1ccccc1CN(C)Cc1nc(CCl)cs1. The van der Waals surface area contributed by atoms with Crippen LogP contribution in [-0.2, 0) is 19.0 Å². The minimum absolute atomic E-state index is 0.479. The number of ether oxygens (including phenoxy) is 1. The van der Waals surface area contributed by atoms with Gasteiger partial charge in [0.15, 0.2) is 0 Å². The summed E-state index contributed by atoms with van der Waals surface area (Å²) in [6.45, 7) is 1.65. The summed E-state index contributed by atoms with van der Waals surface area (Å²) in [7, 11) is 3.78. The van der Waals surface area contributed by atoms with Gasteiger partial charge in [-0.05, 0) is 13.1 Å². The Bertz CT molecular complexity index is 530. The first-order valence-corrected chi connectivity index (χ1v) is 7.44. The summed E-state index contributed by atoms with van der Waals surface area (Å²) < 4.78 is 5.36. The van der Waals surface area contributed by atoms with E-state index in [4.69, 9.17) is 16.3 Å². The predicted molar refractivity (Wildman–Crippen MR) is 79.8 cm³/mol. The zero-order valence-electron chi connectivity index (χ0n) is 11.1. The minimum Gasteiger partial charge on any atom is -0.496 e. The average molecular weight is 297 g/mol. The van der Waals surface area contributed by atoms with Gasteiger partial charge in [-0.25, -0.2) is 4.98 Å². The molecule has 102 valence electrons. The first-order chi connectivity index (χ1) is 9.22. The molecule has 1 aromatic heterocycles. The quantitative estimate of drug-likeness (QED) is 0.763. The van der Waals surface area contributed by atoms with Gasteiger partial charge in [0, 0.05) is 17.5 Å². The largest absolute Gasteiger partial charge is 0.496 e. The molecule has 2 rings (SSSR count). The van der Waals surface area contributed by atoms with Gasteiger partial charge in [-0.2, -0.15) is 0 Å². The molecule has 0 spiro atoms. The first-order valence-electron chi connectivity index (χ1n) is 6.02. The number of hydrogen-bond donors (Lipinski definition) is 0. The third kappa shape index (κ3) is 3.93. The predicted octanol–water partition coefficient (Wildman–Crippen LogP) is 3.52. The highest BCUT2D eigenvalue weighted by Gasteiger charge is 2.08. The number of thiazole rings is 1. The van der Waals surface area contributed by atoms with Gasteiger partial charge >= 0.3 is 0 Å². The maximum Gasteiger partial charge on any atom is 0.123 e. The zero-order valence-corrected chi connectivity index (χ0v) is 12.7. The smallest absolute Gasteiger partial charge is 0.123 e. The molecular weight excluding hydrogens is 280 g/mol. The van der Waals surface area contributed by atoms with E-state index in [1.165, 1.54) is 5.56 Å². The maximum atomic E-state index is 5.76. The van der Waals surface area contributed by atoms with Crippen LogP contribution in [-0.4, -0.2) is 24.0 Å². The van der Waals surface area contributed by atoms with Crippen LogP contribution < -0.4 is 4.74 Å². The van der Waals surface area contributed by atoms with Crippen LogP contribution in [0.2, 0.25) is 0 Å². The molecule has 1 aromatic carbocycles. The Morgan fingerprint density at radius 2 is 2.11 bits per heavy atom. The van der Waals surface area contributed by atoms with E-state index in [1.807, 2.05) is 23.6 Å². The fourth-order valence-corrected chi connectivity index (χ4v) is 3.00. The van der Waals surface area contributed by atoms with E-state index in [-0.39, 0.29) is 0 Å². The number of methoxy groups -OCH3 is 1. The molecule has 5 heteroatoms. The monoisotopic (exact) mass is 296 g/mol. The van der Waals surface area contributed by atoms with Gasteiger partial charge < -0.3 is 4.74 Å². The van der Waals surface area contributed by atoms with Crippen LogP contribution in [0.4, 0.5) is 0 Å². The summed E-state index contributed by atoms with van der Waals surface area (Å²) in [5.41, 5.74) is 2.13. The fourth-order valence-electron chi connectivity index (χ4n) is 1.89. The Balaban J connectivity index is 1.98. The van der Waals surface area contributed by atoms with Crippen molar-refractivity contribution in [2.45, 2.75) is 19.0 Å². The van der Waals surface area contributed by atoms with E-state index in [0.717, 1.165) is 29.5 Å². The third-order valence-corrected chi connectivity index (χ3v) is 3.93. The Morgan fingerprint density at radius 3 is 2.79 bits per heavy atom. The summed E-state index contributed by atoms with van der Waals surface area (Å²) >= 11 is 7.41. The third-order valence-electron chi connectivity index (χ3n) is 2.77. The van der Waals surface area contributed by atoms with Crippen molar-refractivity contribution in [1.29, 1.82) is 0 Å². The Morgan fingerprint density at radius 1 is 1.32 bits per heavy atom. The van der Waals surface area contributed by atoms with Crippen LogP contribution in [0.1, 0.15) is 16.3 Å². The summed E-state index contributed by atoms with van der Waals surface area (Å²) in [6, 6.07) is 8.08. The zero-order chi connectivity index (χ0) is 13.7. The molecule has 0 amide bonds. The Hall–Kier alpha value is -1.10. The Labute approximate surface area is 122 Å². The highest BCUT2D eigenvalue weighted by molar-refractivity contribution is 7.09. The van der Waals surface area contributed by atoms with Crippen LogP contribution in [0.15, 0.2) is 29.6 Å². The molecule has 0 saturated carbocycles. The van der Waals surface area contributed by atoms with Crippen LogP contribution in [0.25, 0.3) is 0 Å². The summed E-state index contributed by atoms with van der Waals surface area (Å²) in [4.78, 5) is 6.68. The van der Waals surface area contributed by atoms with Crippen LogP contribution >= 0.6 is 22.9 Å². The van der Waals surface area contributed by atoms with E-state index >= 15 is 0 Å². The van der Waals surface area contributed by atoms with Crippen molar-refractivity contribution < 1.29 is 4.74 Å². The molecule has 0 aliphatic heterocycles. The van der Waals surface area contributed by atoms with E-state index in [2.05, 4.69) is 23.0 Å². The number of nitrogens with zero attached hydrogens (tertiary/aromatic N) is 2. The van der Waals surface area contributed by atoms with E-state index in [9.17, 15) is 0 Å². The summed E-state index contributed by atoms with van der Waals surface area (Å²) in [5, 5.41) is 3.10.